The Hall–Kier alpha value is -4.19. The quantitative estimate of drug-likeness (QED) is 0.323. The topological polar surface area (TPSA) is 102 Å². The lowest BCUT2D eigenvalue weighted by atomic mass is 9.97. The Morgan fingerprint density at radius 2 is 1.76 bits per heavy atom. The third-order valence-electron chi connectivity index (χ3n) is 8.03. The number of amides is 3. The third-order valence-corrected chi connectivity index (χ3v) is 8.03. The number of fused-ring (bicyclic) bond motifs is 4. The molecular formula is C25H20F3N4O5+. The zero-order valence-electron chi connectivity index (χ0n) is 19.7. The smallest absolute Gasteiger partial charge is 0.436 e. The number of hydrogen-bond acceptors (Lipinski definition) is 4. The van der Waals surface area contributed by atoms with Gasteiger partial charge in [-0.2, -0.15) is 17.7 Å². The first kappa shape index (κ1) is 23.2. The lowest BCUT2D eigenvalue weighted by Gasteiger charge is -2.30. The maximum Gasteiger partial charge on any atom is 0.436 e. The van der Waals surface area contributed by atoms with Crippen LogP contribution in [0.5, 0.6) is 0 Å². The normalized spacial score (nSPS) is 24.8. The van der Waals surface area contributed by atoms with E-state index in [1.54, 1.807) is 20.2 Å². The van der Waals surface area contributed by atoms with Crippen LogP contribution in [-0.4, -0.2) is 43.2 Å². The van der Waals surface area contributed by atoms with Crippen LogP contribution in [0.1, 0.15) is 23.1 Å². The molecule has 1 aliphatic carbocycles. The number of alkyl halides is 3. The van der Waals surface area contributed by atoms with Crippen molar-refractivity contribution in [2.45, 2.75) is 24.6 Å². The first-order chi connectivity index (χ1) is 17.3. The largest absolute Gasteiger partial charge is 0.477 e. The van der Waals surface area contributed by atoms with Gasteiger partial charge in [-0.1, -0.05) is 12.1 Å². The number of carbonyl (C=O) groups is 3. The van der Waals surface area contributed by atoms with Crippen molar-refractivity contribution in [3.05, 3.63) is 75.3 Å². The van der Waals surface area contributed by atoms with E-state index >= 15 is 0 Å². The summed E-state index contributed by atoms with van der Waals surface area (Å²) >= 11 is 0. The highest BCUT2D eigenvalue weighted by molar-refractivity contribution is 6.20. The molecule has 9 nitrogen and oxygen atoms in total. The highest BCUT2D eigenvalue weighted by Gasteiger charge is 2.83. The molecule has 0 saturated carbocycles. The molecule has 3 aromatic rings. The summed E-state index contributed by atoms with van der Waals surface area (Å²) in [5, 5.41) is 9.82. The number of aliphatic carboxylic acids is 1. The Morgan fingerprint density at radius 3 is 2.43 bits per heavy atom. The van der Waals surface area contributed by atoms with Gasteiger partial charge in [0, 0.05) is 32.3 Å². The molecule has 0 bridgehead atoms. The first-order valence-electron chi connectivity index (χ1n) is 11.4. The predicted molar refractivity (Wildman–Crippen MR) is 123 cm³/mol. The standard InChI is InChI=1S/C25H19F3N4O5/c1-29-18-7-6-13(10-19(18)30(2)22(29)36)31-11-15(21(34)35)20(33)32(23(31)37)12-24(32)9-8-14-16(24)4-3-5-17(14)25(26,27)28/h3-7,10-11H,8-9,12H2,1-2H3/p+1. The number of imide groups is 1. The van der Waals surface area contributed by atoms with Gasteiger partial charge in [0.1, 0.15) is 0 Å². The van der Waals surface area contributed by atoms with Gasteiger partial charge in [0.05, 0.1) is 22.3 Å². The zero-order chi connectivity index (χ0) is 26.7. The highest BCUT2D eigenvalue weighted by atomic mass is 19.4. The molecule has 1 fully saturated rings. The van der Waals surface area contributed by atoms with Crippen molar-refractivity contribution in [1.29, 1.82) is 0 Å². The number of quaternary nitrogens is 1. The number of anilines is 1. The first-order valence-corrected chi connectivity index (χ1v) is 11.4. The van der Waals surface area contributed by atoms with Crippen LogP contribution < -0.4 is 10.6 Å². The predicted octanol–water partition coefficient (Wildman–Crippen LogP) is 3.00. The van der Waals surface area contributed by atoms with Gasteiger partial charge in [0.15, 0.2) is 17.7 Å². The molecular weight excluding hydrogens is 493 g/mol. The van der Waals surface area contributed by atoms with Crippen LogP contribution in [0.2, 0.25) is 0 Å². The minimum Gasteiger partial charge on any atom is -0.477 e. The molecule has 1 aromatic heterocycles. The second kappa shape index (κ2) is 6.97. The van der Waals surface area contributed by atoms with Crippen molar-refractivity contribution in [2.24, 2.45) is 14.1 Å². The molecule has 6 rings (SSSR count). The average molecular weight is 513 g/mol. The fourth-order valence-electron chi connectivity index (χ4n) is 6.15. The SMILES string of the molecule is Cn1c(=O)n(C)c2cc(N3C=C(C(=O)O)C(=O)[N+]4(CC45CCc4c(C(F)(F)F)cccc45)C3=O)ccc21. The molecule has 2 unspecified atom stereocenters. The number of nitrogens with zero attached hydrogens (tertiary/aromatic N) is 4. The van der Waals surface area contributed by atoms with Crippen LogP contribution >= 0.6 is 0 Å². The molecule has 1 N–H and O–H groups in total. The highest BCUT2D eigenvalue weighted by Crippen LogP contribution is 2.62. The van der Waals surface area contributed by atoms with E-state index in [1.165, 1.54) is 33.4 Å². The van der Waals surface area contributed by atoms with Crippen LogP contribution in [0.15, 0.2) is 53.0 Å². The maximum atomic E-state index is 14.0. The van der Waals surface area contributed by atoms with Gasteiger partial charge < -0.3 is 5.11 Å². The number of benzene rings is 2. The molecule has 3 heterocycles. The number of urea groups is 1. The van der Waals surface area contributed by atoms with Crippen LogP contribution in [-0.2, 0) is 41.8 Å². The lowest BCUT2D eigenvalue weighted by molar-refractivity contribution is -0.666. The number of carboxylic acids is 1. The van der Waals surface area contributed by atoms with Crippen LogP contribution in [0.3, 0.4) is 0 Å². The molecule has 1 saturated heterocycles. The molecule has 2 aromatic carbocycles. The van der Waals surface area contributed by atoms with Crippen molar-refractivity contribution in [2.75, 3.05) is 11.4 Å². The Balaban J connectivity index is 1.52. The number of carboxylic acid groups (broad SMARTS) is 1. The minimum atomic E-state index is -4.61. The molecule has 12 heteroatoms. The number of halogens is 3. The third kappa shape index (κ3) is 2.73. The van der Waals surface area contributed by atoms with Crippen LogP contribution in [0.4, 0.5) is 23.7 Å². The number of aryl methyl sites for hydroxylation is 2. The van der Waals surface area contributed by atoms with E-state index in [-0.39, 0.29) is 41.9 Å². The number of aromatic nitrogens is 2. The second-order valence-corrected chi connectivity index (χ2v) is 9.71. The van der Waals surface area contributed by atoms with Crippen molar-refractivity contribution in [1.82, 2.24) is 9.13 Å². The van der Waals surface area contributed by atoms with Crippen molar-refractivity contribution in [3.8, 4) is 0 Å². The Labute approximate surface area is 206 Å². The van der Waals surface area contributed by atoms with Gasteiger partial charge in [-0.05, 0) is 36.2 Å². The molecule has 2 atom stereocenters. The van der Waals surface area contributed by atoms with Crippen molar-refractivity contribution < 1.29 is 37.1 Å². The van der Waals surface area contributed by atoms with Gasteiger partial charge in [-0.3, -0.25) is 9.13 Å². The van der Waals surface area contributed by atoms with E-state index in [4.69, 9.17) is 0 Å². The maximum absolute atomic E-state index is 14.0. The summed E-state index contributed by atoms with van der Waals surface area (Å²) in [5.41, 5.74) is -1.47. The van der Waals surface area contributed by atoms with E-state index < -0.39 is 45.2 Å². The van der Waals surface area contributed by atoms with E-state index in [1.807, 2.05) is 0 Å². The van der Waals surface area contributed by atoms with Gasteiger partial charge >= 0.3 is 29.8 Å². The number of carbonyl (C=O) groups excluding carboxylic acids is 2. The van der Waals surface area contributed by atoms with Gasteiger partial charge in [0.2, 0.25) is 0 Å². The van der Waals surface area contributed by atoms with Crippen molar-refractivity contribution in [3.63, 3.8) is 0 Å². The zero-order valence-corrected chi connectivity index (χ0v) is 19.7. The number of rotatable bonds is 2. The minimum absolute atomic E-state index is 0.00970. The van der Waals surface area contributed by atoms with E-state index in [0.717, 1.165) is 17.2 Å². The Bertz CT molecular complexity index is 1680. The Morgan fingerprint density at radius 1 is 1.05 bits per heavy atom. The fourth-order valence-corrected chi connectivity index (χ4v) is 6.15. The number of hydrogen-bond donors (Lipinski definition) is 1. The Kier molecular flexibility index (Phi) is 4.38. The summed E-state index contributed by atoms with van der Waals surface area (Å²) in [6.45, 7) is -0.133. The monoisotopic (exact) mass is 513 g/mol. The molecule has 2 aliphatic heterocycles. The molecule has 2 spiro atoms. The van der Waals surface area contributed by atoms with Crippen LogP contribution in [0.25, 0.3) is 11.0 Å². The molecule has 0 radical (unpaired) electrons. The summed E-state index contributed by atoms with van der Waals surface area (Å²) in [6, 6.07) is 7.63. The second-order valence-electron chi connectivity index (χ2n) is 9.71. The summed E-state index contributed by atoms with van der Waals surface area (Å²) < 4.78 is 42.9. The summed E-state index contributed by atoms with van der Waals surface area (Å²) in [6.07, 6.45) is -3.55. The van der Waals surface area contributed by atoms with E-state index in [2.05, 4.69) is 0 Å². The molecule has 3 amide bonds. The van der Waals surface area contributed by atoms with Gasteiger partial charge in [-0.25, -0.2) is 24.1 Å². The van der Waals surface area contributed by atoms with E-state index in [9.17, 15) is 37.5 Å². The van der Waals surface area contributed by atoms with E-state index in [0.29, 0.717) is 11.0 Å². The van der Waals surface area contributed by atoms with Gasteiger partial charge in [0.25, 0.3) is 0 Å². The summed E-state index contributed by atoms with van der Waals surface area (Å²) in [7, 11) is 3.14. The molecule has 3 aliphatic rings. The fraction of sp³-hybridized carbons (Fsp3) is 0.280. The molecule has 37 heavy (non-hydrogen) atoms. The average Bonchev–Trinajstić information content (AvgIpc) is 3.31. The summed E-state index contributed by atoms with van der Waals surface area (Å²) in [5.74, 6) is -2.50. The van der Waals surface area contributed by atoms with Crippen molar-refractivity contribution >= 4 is 34.6 Å². The number of imidazole rings is 1. The molecule has 190 valence electrons. The summed E-state index contributed by atoms with van der Waals surface area (Å²) in [4.78, 5) is 53.0. The van der Waals surface area contributed by atoms with Gasteiger partial charge in [-0.15, -0.1) is 0 Å². The van der Waals surface area contributed by atoms with Crippen LogP contribution in [0, 0.1) is 0 Å². The lowest BCUT2D eigenvalue weighted by Crippen LogP contribution is -2.55.